The molecule has 1 N–H and O–H groups in total. The molecule has 0 amide bonds. The fourth-order valence-electron chi connectivity index (χ4n) is 1.77. The van der Waals surface area contributed by atoms with Crippen molar-refractivity contribution in [3.05, 3.63) is 23.4 Å². The third kappa shape index (κ3) is 2.96. The number of hydrogen-bond donors (Lipinski definition) is 1. The van der Waals surface area contributed by atoms with Gasteiger partial charge in [0, 0.05) is 6.54 Å². The van der Waals surface area contributed by atoms with Crippen molar-refractivity contribution in [2.45, 2.75) is 33.9 Å². The fourth-order valence-corrected chi connectivity index (χ4v) is 2.55. The Balaban J connectivity index is 2.12. The van der Waals surface area contributed by atoms with Crippen LogP contribution in [0.5, 0.6) is 0 Å². The molecule has 2 aromatic rings. The molecule has 0 aliphatic carbocycles. The van der Waals surface area contributed by atoms with E-state index in [4.69, 9.17) is 4.74 Å². The number of anilines is 1. The van der Waals surface area contributed by atoms with Gasteiger partial charge < -0.3 is 14.6 Å². The average molecular weight is 295 g/mol. The second kappa shape index (κ2) is 6.47. The number of carbonyl (C=O) groups is 1. The van der Waals surface area contributed by atoms with Gasteiger partial charge in [-0.15, -0.1) is 10.2 Å². The first kappa shape index (κ1) is 14.4. The van der Waals surface area contributed by atoms with E-state index in [1.54, 1.807) is 20.2 Å². The van der Waals surface area contributed by atoms with Gasteiger partial charge >= 0.3 is 5.97 Å². The molecule has 8 heteroatoms. The molecule has 0 atom stereocenters. The molecule has 0 bridgehead atoms. The van der Waals surface area contributed by atoms with E-state index in [0.717, 1.165) is 12.4 Å². The standard InChI is InChI=1S/C12H17N5O2S/c1-4-17-7-14-15-9(17)6-13-11-10(8(3)16-20-11)12(18)19-5-2/h7,13H,4-6H2,1-3H3. The van der Waals surface area contributed by atoms with Crippen molar-refractivity contribution >= 4 is 22.5 Å². The fraction of sp³-hybridized carbons (Fsp3) is 0.500. The lowest BCUT2D eigenvalue weighted by Gasteiger charge is -2.07. The number of carbonyl (C=O) groups excluding carboxylic acids is 1. The minimum atomic E-state index is -0.349. The van der Waals surface area contributed by atoms with Crippen LogP contribution in [0.4, 0.5) is 5.00 Å². The predicted octanol–water partition coefficient (Wildman–Crippen LogP) is 1.85. The molecular formula is C12H17N5O2S. The van der Waals surface area contributed by atoms with Crippen LogP contribution in [0.1, 0.15) is 35.7 Å². The molecule has 0 aliphatic heterocycles. The van der Waals surface area contributed by atoms with Crippen molar-refractivity contribution in [3.63, 3.8) is 0 Å². The van der Waals surface area contributed by atoms with Gasteiger partial charge in [0.1, 0.15) is 16.9 Å². The summed E-state index contributed by atoms with van der Waals surface area (Å²) in [4.78, 5) is 11.9. The third-order valence-electron chi connectivity index (χ3n) is 2.79. The second-order valence-corrected chi connectivity index (χ2v) is 4.85. The summed E-state index contributed by atoms with van der Waals surface area (Å²) >= 11 is 1.25. The summed E-state index contributed by atoms with van der Waals surface area (Å²) in [6, 6.07) is 0. The van der Waals surface area contributed by atoms with Crippen molar-refractivity contribution < 1.29 is 9.53 Å². The Kier molecular flexibility index (Phi) is 4.67. The highest BCUT2D eigenvalue weighted by molar-refractivity contribution is 7.10. The highest BCUT2D eigenvalue weighted by atomic mass is 32.1. The molecule has 0 fully saturated rings. The molecule has 0 radical (unpaired) electrons. The number of aromatic nitrogens is 4. The average Bonchev–Trinajstić information content (AvgIpc) is 3.02. The van der Waals surface area contributed by atoms with E-state index in [9.17, 15) is 4.79 Å². The Morgan fingerprint density at radius 2 is 2.30 bits per heavy atom. The molecule has 2 aromatic heterocycles. The van der Waals surface area contributed by atoms with E-state index in [0.29, 0.717) is 29.4 Å². The zero-order chi connectivity index (χ0) is 14.5. The van der Waals surface area contributed by atoms with Gasteiger partial charge in [0.15, 0.2) is 5.82 Å². The van der Waals surface area contributed by atoms with E-state index in [1.807, 2.05) is 11.5 Å². The Morgan fingerprint density at radius 1 is 1.50 bits per heavy atom. The van der Waals surface area contributed by atoms with Gasteiger partial charge in [0.05, 0.1) is 18.8 Å². The zero-order valence-electron chi connectivity index (χ0n) is 11.7. The summed E-state index contributed by atoms with van der Waals surface area (Å²) in [6.07, 6.45) is 1.68. The maximum atomic E-state index is 11.9. The number of nitrogens with one attached hydrogen (secondary N) is 1. The lowest BCUT2D eigenvalue weighted by molar-refractivity contribution is 0.0527. The first-order valence-corrected chi connectivity index (χ1v) is 7.18. The van der Waals surface area contributed by atoms with Gasteiger partial charge in [-0.2, -0.15) is 4.37 Å². The van der Waals surface area contributed by atoms with Crippen molar-refractivity contribution in [3.8, 4) is 0 Å². The van der Waals surface area contributed by atoms with Crippen LogP contribution >= 0.6 is 11.5 Å². The van der Waals surface area contributed by atoms with Gasteiger partial charge in [-0.25, -0.2) is 4.79 Å². The molecule has 0 aromatic carbocycles. The number of aryl methyl sites for hydroxylation is 2. The number of ether oxygens (including phenoxy) is 1. The summed E-state index contributed by atoms with van der Waals surface area (Å²) in [5.74, 6) is 0.464. The largest absolute Gasteiger partial charge is 0.462 e. The van der Waals surface area contributed by atoms with Crippen LogP contribution in [-0.4, -0.2) is 31.7 Å². The monoisotopic (exact) mass is 295 g/mol. The molecule has 0 saturated carbocycles. The van der Waals surface area contributed by atoms with Gasteiger partial charge in [0.2, 0.25) is 0 Å². The Morgan fingerprint density at radius 3 is 3.00 bits per heavy atom. The minimum absolute atomic E-state index is 0.345. The SMILES string of the molecule is CCOC(=O)c1c(C)nsc1NCc1nncn1CC. The molecule has 0 spiro atoms. The van der Waals surface area contributed by atoms with Crippen molar-refractivity contribution in [1.29, 1.82) is 0 Å². The van der Waals surface area contributed by atoms with Crippen LogP contribution < -0.4 is 5.32 Å². The van der Waals surface area contributed by atoms with Crippen LogP contribution in [0.15, 0.2) is 6.33 Å². The highest BCUT2D eigenvalue weighted by Gasteiger charge is 2.19. The smallest absolute Gasteiger partial charge is 0.343 e. The molecule has 20 heavy (non-hydrogen) atoms. The van der Waals surface area contributed by atoms with Crippen molar-refractivity contribution in [2.75, 3.05) is 11.9 Å². The zero-order valence-corrected chi connectivity index (χ0v) is 12.5. The maximum absolute atomic E-state index is 11.9. The summed E-state index contributed by atoms with van der Waals surface area (Å²) in [5.41, 5.74) is 1.17. The second-order valence-electron chi connectivity index (χ2n) is 4.08. The highest BCUT2D eigenvalue weighted by Crippen LogP contribution is 2.25. The molecule has 0 aliphatic rings. The molecule has 2 rings (SSSR count). The van der Waals surface area contributed by atoms with Gasteiger partial charge in [-0.3, -0.25) is 0 Å². The topological polar surface area (TPSA) is 81.9 Å². The molecule has 0 saturated heterocycles. The molecule has 7 nitrogen and oxygen atoms in total. The Hall–Kier alpha value is -1.96. The maximum Gasteiger partial charge on any atom is 0.343 e. The van der Waals surface area contributed by atoms with Gasteiger partial charge in [-0.1, -0.05) is 0 Å². The molecule has 108 valence electrons. The quantitative estimate of drug-likeness (QED) is 0.819. The summed E-state index contributed by atoms with van der Waals surface area (Å²) in [5, 5.41) is 11.8. The first-order chi connectivity index (χ1) is 9.67. The predicted molar refractivity (Wildman–Crippen MR) is 75.8 cm³/mol. The van der Waals surface area contributed by atoms with E-state index in [2.05, 4.69) is 19.9 Å². The lowest BCUT2D eigenvalue weighted by Crippen LogP contribution is -2.11. The van der Waals surface area contributed by atoms with Crippen LogP contribution in [-0.2, 0) is 17.8 Å². The van der Waals surface area contributed by atoms with Gasteiger partial charge in [0.25, 0.3) is 0 Å². The number of hydrogen-bond acceptors (Lipinski definition) is 7. The van der Waals surface area contributed by atoms with E-state index >= 15 is 0 Å². The van der Waals surface area contributed by atoms with Crippen LogP contribution in [0, 0.1) is 6.92 Å². The van der Waals surface area contributed by atoms with Gasteiger partial charge in [-0.05, 0) is 32.3 Å². The van der Waals surface area contributed by atoms with Crippen molar-refractivity contribution in [1.82, 2.24) is 19.1 Å². The Bertz CT molecular complexity index is 592. The third-order valence-corrected chi connectivity index (χ3v) is 3.68. The van der Waals surface area contributed by atoms with Crippen molar-refractivity contribution in [2.24, 2.45) is 0 Å². The minimum Gasteiger partial charge on any atom is -0.462 e. The normalized spacial score (nSPS) is 10.6. The van der Waals surface area contributed by atoms with E-state index in [-0.39, 0.29) is 5.97 Å². The summed E-state index contributed by atoms with van der Waals surface area (Å²) in [6.45, 7) is 7.23. The molecule has 0 unspecified atom stereocenters. The van der Waals surface area contributed by atoms with Crippen LogP contribution in [0.2, 0.25) is 0 Å². The lowest BCUT2D eigenvalue weighted by atomic mass is 10.2. The summed E-state index contributed by atoms with van der Waals surface area (Å²) < 4.78 is 11.2. The summed E-state index contributed by atoms with van der Waals surface area (Å²) in [7, 11) is 0. The number of rotatable bonds is 6. The number of esters is 1. The van der Waals surface area contributed by atoms with Crippen LogP contribution in [0.25, 0.3) is 0 Å². The van der Waals surface area contributed by atoms with Crippen LogP contribution in [0.3, 0.4) is 0 Å². The molecular weight excluding hydrogens is 278 g/mol. The van der Waals surface area contributed by atoms with E-state index < -0.39 is 0 Å². The molecule has 2 heterocycles. The first-order valence-electron chi connectivity index (χ1n) is 6.41. The number of nitrogens with zero attached hydrogens (tertiary/aromatic N) is 4. The van der Waals surface area contributed by atoms with E-state index in [1.165, 1.54) is 11.5 Å². The Labute approximate surface area is 121 Å².